The summed E-state index contributed by atoms with van der Waals surface area (Å²) in [6.45, 7) is 7.04. The van der Waals surface area contributed by atoms with Gasteiger partial charge in [0.05, 0.1) is 26.0 Å². The summed E-state index contributed by atoms with van der Waals surface area (Å²) in [6, 6.07) is 6.77. The van der Waals surface area contributed by atoms with E-state index >= 15 is 0 Å². The molecule has 1 unspecified atom stereocenters. The van der Waals surface area contributed by atoms with Gasteiger partial charge in [0.1, 0.15) is 16.8 Å². The van der Waals surface area contributed by atoms with Gasteiger partial charge in [0.2, 0.25) is 5.95 Å². The number of nitrogen functional groups attached to an aromatic ring is 1. The molecule has 5 N–H and O–H groups in total. The number of fused-ring (bicyclic) bond motifs is 1. The third-order valence-corrected chi connectivity index (χ3v) is 6.66. The summed E-state index contributed by atoms with van der Waals surface area (Å²) in [5, 5.41) is 21.4. The number of aliphatic hydroxyl groups excluding tert-OH is 1. The van der Waals surface area contributed by atoms with E-state index in [-0.39, 0.29) is 18.6 Å². The SMILES string of the molecule is CCCC(CCO)Nc1nc(N)nc2c(C)nn(Cc3ccc(CN[C@@H]4CCCOC4)cc3OC)c12. The van der Waals surface area contributed by atoms with Crippen LogP contribution in [0.1, 0.15) is 55.8 Å². The normalized spacial score (nSPS) is 16.8. The van der Waals surface area contributed by atoms with Gasteiger partial charge in [-0.05, 0) is 44.2 Å². The summed E-state index contributed by atoms with van der Waals surface area (Å²) in [7, 11) is 1.69. The lowest BCUT2D eigenvalue weighted by Crippen LogP contribution is -2.36. The van der Waals surface area contributed by atoms with Crippen LogP contribution in [0.5, 0.6) is 5.75 Å². The maximum absolute atomic E-state index is 9.52. The lowest BCUT2D eigenvalue weighted by Gasteiger charge is -2.23. The van der Waals surface area contributed by atoms with Crippen molar-refractivity contribution in [2.75, 3.05) is 38.0 Å². The fourth-order valence-corrected chi connectivity index (χ4v) is 4.80. The zero-order valence-corrected chi connectivity index (χ0v) is 21.6. The Bertz CT molecular complexity index is 1140. The predicted molar refractivity (Wildman–Crippen MR) is 141 cm³/mol. The van der Waals surface area contributed by atoms with Gasteiger partial charge in [-0.15, -0.1) is 0 Å². The molecule has 10 heteroatoms. The third-order valence-electron chi connectivity index (χ3n) is 6.66. The second-order valence-electron chi connectivity index (χ2n) is 9.45. The molecule has 0 bridgehead atoms. The first kappa shape index (κ1) is 26.1. The van der Waals surface area contributed by atoms with Crippen LogP contribution in [0.15, 0.2) is 18.2 Å². The number of benzene rings is 1. The molecular formula is C26H39N7O3. The topological polar surface area (TPSA) is 132 Å². The van der Waals surface area contributed by atoms with Crippen LogP contribution in [-0.2, 0) is 17.8 Å². The molecule has 196 valence electrons. The number of hydrogen-bond acceptors (Lipinski definition) is 9. The Morgan fingerprint density at radius 1 is 1.31 bits per heavy atom. The highest BCUT2D eigenvalue weighted by Gasteiger charge is 2.20. The van der Waals surface area contributed by atoms with Crippen molar-refractivity contribution in [3.8, 4) is 5.75 Å². The first-order chi connectivity index (χ1) is 17.5. The maximum atomic E-state index is 9.52. The number of nitrogens with zero attached hydrogens (tertiary/aromatic N) is 4. The predicted octanol–water partition coefficient (Wildman–Crippen LogP) is 3.01. The lowest BCUT2D eigenvalue weighted by molar-refractivity contribution is 0.0699. The van der Waals surface area contributed by atoms with Gasteiger partial charge in [-0.25, -0.2) is 4.98 Å². The van der Waals surface area contributed by atoms with Gasteiger partial charge < -0.3 is 30.9 Å². The Balaban J connectivity index is 1.59. The Morgan fingerprint density at radius 2 is 2.17 bits per heavy atom. The Hall–Kier alpha value is -2.95. The highest BCUT2D eigenvalue weighted by molar-refractivity contribution is 5.88. The van der Waals surface area contributed by atoms with Gasteiger partial charge >= 0.3 is 0 Å². The molecule has 1 aromatic carbocycles. The smallest absolute Gasteiger partial charge is 0.222 e. The van der Waals surface area contributed by atoms with E-state index in [0.29, 0.717) is 24.8 Å². The Labute approximate surface area is 212 Å². The monoisotopic (exact) mass is 497 g/mol. The van der Waals surface area contributed by atoms with Gasteiger partial charge in [0.15, 0.2) is 5.82 Å². The van der Waals surface area contributed by atoms with Crippen molar-refractivity contribution in [1.82, 2.24) is 25.1 Å². The highest BCUT2D eigenvalue weighted by atomic mass is 16.5. The molecule has 1 aliphatic rings. The van der Waals surface area contributed by atoms with E-state index in [2.05, 4.69) is 45.7 Å². The summed E-state index contributed by atoms with van der Waals surface area (Å²) >= 11 is 0. The summed E-state index contributed by atoms with van der Waals surface area (Å²) < 4.78 is 13.2. The zero-order chi connectivity index (χ0) is 25.5. The minimum absolute atomic E-state index is 0.0806. The number of aromatic nitrogens is 4. The van der Waals surface area contributed by atoms with Gasteiger partial charge in [-0.3, -0.25) is 4.68 Å². The number of ether oxygens (including phenoxy) is 2. The van der Waals surface area contributed by atoms with Crippen molar-refractivity contribution in [1.29, 1.82) is 0 Å². The van der Waals surface area contributed by atoms with E-state index in [1.807, 2.05) is 11.6 Å². The molecule has 3 aromatic rings. The van der Waals surface area contributed by atoms with Gasteiger partial charge in [-0.2, -0.15) is 10.1 Å². The molecule has 0 radical (unpaired) electrons. The highest BCUT2D eigenvalue weighted by Crippen LogP contribution is 2.28. The minimum Gasteiger partial charge on any atom is -0.496 e. The molecule has 36 heavy (non-hydrogen) atoms. The van der Waals surface area contributed by atoms with Crippen LogP contribution >= 0.6 is 0 Å². The van der Waals surface area contributed by atoms with Crippen LogP contribution < -0.4 is 21.1 Å². The zero-order valence-electron chi connectivity index (χ0n) is 21.6. The second-order valence-corrected chi connectivity index (χ2v) is 9.45. The van der Waals surface area contributed by atoms with Crippen LogP contribution in [0.4, 0.5) is 11.8 Å². The third kappa shape index (κ3) is 6.24. The molecule has 10 nitrogen and oxygen atoms in total. The quantitative estimate of drug-likeness (QED) is 0.298. The van der Waals surface area contributed by atoms with Gasteiger partial charge in [0.25, 0.3) is 0 Å². The molecule has 0 spiro atoms. The molecule has 0 amide bonds. The van der Waals surface area contributed by atoms with E-state index < -0.39 is 0 Å². The molecule has 4 rings (SSSR count). The van der Waals surface area contributed by atoms with E-state index in [1.54, 1.807) is 7.11 Å². The standard InChI is InChI=1S/C26H39N7O3/c1-4-6-20(10-11-34)29-25-24-23(30-26(27)31-25)17(2)32-33(24)15-19-9-8-18(13-22(19)35-3)14-28-21-7-5-12-36-16-21/h8-9,13,20-21,28,34H,4-7,10-12,14-16H2,1-3H3,(H3,27,29,30,31)/t20?,21-/m1/s1. The van der Waals surface area contributed by atoms with Crippen LogP contribution in [0.3, 0.4) is 0 Å². The molecule has 1 fully saturated rings. The molecular weight excluding hydrogens is 458 g/mol. The molecule has 0 aliphatic carbocycles. The number of nitrogens with two attached hydrogens (primary N) is 1. The summed E-state index contributed by atoms with van der Waals surface area (Å²) in [6.07, 6.45) is 4.77. The summed E-state index contributed by atoms with van der Waals surface area (Å²) in [4.78, 5) is 8.98. The molecule has 2 aromatic heterocycles. The first-order valence-electron chi connectivity index (χ1n) is 12.9. The molecule has 0 saturated carbocycles. The van der Waals surface area contributed by atoms with Gasteiger partial charge in [0, 0.05) is 37.4 Å². The van der Waals surface area contributed by atoms with Crippen LogP contribution in [0, 0.1) is 6.92 Å². The number of hydrogen-bond donors (Lipinski definition) is 4. The van der Waals surface area contributed by atoms with Gasteiger partial charge in [-0.1, -0.05) is 25.5 Å². The summed E-state index contributed by atoms with van der Waals surface area (Å²) in [5.41, 5.74) is 10.5. The number of nitrogens with one attached hydrogen (secondary N) is 2. The molecule has 3 heterocycles. The fraction of sp³-hybridized carbons (Fsp3) is 0.577. The molecule has 1 saturated heterocycles. The second kappa shape index (κ2) is 12.3. The fourth-order valence-electron chi connectivity index (χ4n) is 4.80. The van der Waals surface area contributed by atoms with Crippen molar-refractivity contribution < 1.29 is 14.6 Å². The van der Waals surface area contributed by atoms with E-state index in [1.165, 1.54) is 0 Å². The summed E-state index contributed by atoms with van der Waals surface area (Å²) in [5.74, 6) is 1.65. The van der Waals surface area contributed by atoms with E-state index in [9.17, 15) is 5.11 Å². The molecule has 2 atom stereocenters. The maximum Gasteiger partial charge on any atom is 0.222 e. The van der Waals surface area contributed by atoms with Crippen molar-refractivity contribution >= 4 is 22.8 Å². The number of aliphatic hydroxyl groups is 1. The Morgan fingerprint density at radius 3 is 2.89 bits per heavy atom. The average molecular weight is 498 g/mol. The number of methoxy groups -OCH3 is 1. The van der Waals surface area contributed by atoms with Crippen LogP contribution in [0.25, 0.3) is 11.0 Å². The average Bonchev–Trinajstić information content (AvgIpc) is 3.19. The largest absolute Gasteiger partial charge is 0.496 e. The lowest BCUT2D eigenvalue weighted by atomic mass is 10.1. The van der Waals surface area contributed by atoms with E-state index in [0.717, 1.165) is 79.0 Å². The minimum atomic E-state index is 0.0806. The Kier molecular flexibility index (Phi) is 8.95. The van der Waals surface area contributed by atoms with Crippen LogP contribution in [0.2, 0.25) is 0 Å². The molecule has 1 aliphatic heterocycles. The van der Waals surface area contributed by atoms with Crippen molar-refractivity contribution in [3.05, 3.63) is 35.0 Å². The number of anilines is 2. The van der Waals surface area contributed by atoms with Crippen molar-refractivity contribution in [2.24, 2.45) is 0 Å². The van der Waals surface area contributed by atoms with Crippen molar-refractivity contribution in [3.63, 3.8) is 0 Å². The first-order valence-corrected chi connectivity index (χ1v) is 12.9. The number of rotatable bonds is 12. The van der Waals surface area contributed by atoms with Crippen molar-refractivity contribution in [2.45, 2.75) is 71.1 Å². The van der Waals surface area contributed by atoms with E-state index in [4.69, 9.17) is 20.3 Å². The number of aryl methyl sites for hydroxylation is 1. The van der Waals surface area contributed by atoms with Crippen LogP contribution in [-0.4, -0.2) is 63.9 Å².